The van der Waals surface area contributed by atoms with Gasteiger partial charge in [-0.3, -0.25) is 4.79 Å². The molecule has 0 bridgehead atoms. The van der Waals surface area contributed by atoms with Gasteiger partial charge in [-0.15, -0.1) is 10.2 Å². The largest absolute Gasteiger partial charge is 0.480 e. The lowest BCUT2D eigenvalue weighted by Gasteiger charge is -2.09. The Labute approximate surface area is 109 Å². The van der Waals surface area contributed by atoms with Crippen LogP contribution in [0.3, 0.4) is 0 Å². The first-order valence-electron chi connectivity index (χ1n) is 6.23. The molecule has 98 valence electrons. The highest BCUT2D eigenvalue weighted by Crippen LogP contribution is 2.45. The highest BCUT2D eigenvalue weighted by Gasteiger charge is 2.36. The molecule has 0 spiro atoms. The van der Waals surface area contributed by atoms with E-state index in [9.17, 15) is 4.79 Å². The number of hydrogen-bond acceptors (Lipinski definition) is 5. The average molecular weight is 268 g/mol. The Balaban J connectivity index is 1.73. The number of aromatic nitrogens is 3. The molecule has 18 heavy (non-hydrogen) atoms. The van der Waals surface area contributed by atoms with Crippen molar-refractivity contribution in [2.45, 2.75) is 48.8 Å². The van der Waals surface area contributed by atoms with Crippen molar-refractivity contribution in [3.05, 3.63) is 5.82 Å². The summed E-state index contributed by atoms with van der Waals surface area (Å²) >= 11 is 1.40. The van der Waals surface area contributed by atoms with Crippen molar-refractivity contribution in [1.82, 2.24) is 14.8 Å². The van der Waals surface area contributed by atoms with Crippen LogP contribution in [0, 0.1) is 0 Å². The van der Waals surface area contributed by atoms with Crippen LogP contribution in [-0.4, -0.2) is 37.6 Å². The van der Waals surface area contributed by atoms with Gasteiger partial charge in [0.25, 0.3) is 0 Å². The molecule has 1 aromatic rings. The molecule has 0 amide bonds. The van der Waals surface area contributed by atoms with Gasteiger partial charge in [0, 0.05) is 17.7 Å². The fraction of sp³-hybridized carbons (Fsp3) is 0.727. The molecular formula is C11H16N4O2S. The maximum atomic E-state index is 10.7. The molecule has 3 rings (SSSR count). The zero-order valence-electron chi connectivity index (χ0n) is 9.95. The number of carbonyl (C=O) groups is 1. The van der Waals surface area contributed by atoms with Gasteiger partial charge >= 0.3 is 5.97 Å². The first-order valence-corrected chi connectivity index (χ1v) is 7.21. The third-order valence-electron chi connectivity index (χ3n) is 3.25. The van der Waals surface area contributed by atoms with Crippen LogP contribution in [0.2, 0.25) is 0 Å². The summed E-state index contributed by atoms with van der Waals surface area (Å²) in [4.78, 5) is 10.7. The van der Waals surface area contributed by atoms with E-state index < -0.39 is 12.0 Å². The normalized spacial score (nSPS) is 20.9. The molecule has 2 aliphatic rings. The second-order valence-corrected chi connectivity index (χ2v) is 5.96. The molecule has 2 fully saturated rings. The molecule has 1 aromatic heterocycles. The lowest BCUT2D eigenvalue weighted by atomic mass is 10.4. The maximum absolute atomic E-state index is 10.7. The van der Waals surface area contributed by atoms with E-state index in [-0.39, 0.29) is 0 Å². The number of rotatable bonds is 6. The minimum atomic E-state index is -0.970. The molecule has 0 saturated heterocycles. The molecule has 0 radical (unpaired) electrons. The molecule has 1 unspecified atom stereocenters. The SMILES string of the molecule is NC(CSc1nnc(C2CC2)n1C1CC1)C(=O)O. The summed E-state index contributed by atoms with van der Waals surface area (Å²) in [6.07, 6.45) is 4.75. The van der Waals surface area contributed by atoms with Gasteiger partial charge in [-0.1, -0.05) is 11.8 Å². The molecule has 1 atom stereocenters. The van der Waals surface area contributed by atoms with E-state index in [2.05, 4.69) is 14.8 Å². The van der Waals surface area contributed by atoms with E-state index in [0.29, 0.717) is 17.7 Å². The van der Waals surface area contributed by atoms with Gasteiger partial charge in [0.2, 0.25) is 0 Å². The van der Waals surface area contributed by atoms with E-state index in [1.54, 1.807) is 0 Å². The van der Waals surface area contributed by atoms with Crippen LogP contribution in [0.5, 0.6) is 0 Å². The van der Waals surface area contributed by atoms with Crippen LogP contribution in [0.1, 0.15) is 43.5 Å². The number of nitrogens with two attached hydrogens (primary N) is 1. The van der Waals surface area contributed by atoms with Crippen LogP contribution >= 0.6 is 11.8 Å². The highest BCUT2D eigenvalue weighted by molar-refractivity contribution is 7.99. The summed E-state index contributed by atoms with van der Waals surface area (Å²) in [6, 6.07) is -0.317. The van der Waals surface area contributed by atoms with Crippen LogP contribution in [0.15, 0.2) is 5.16 Å². The Morgan fingerprint density at radius 1 is 1.44 bits per heavy atom. The molecule has 2 aliphatic carbocycles. The van der Waals surface area contributed by atoms with E-state index in [1.807, 2.05) is 0 Å². The number of nitrogens with zero attached hydrogens (tertiary/aromatic N) is 3. The van der Waals surface area contributed by atoms with E-state index in [1.165, 1.54) is 37.4 Å². The van der Waals surface area contributed by atoms with E-state index >= 15 is 0 Å². The number of carboxylic acid groups (broad SMARTS) is 1. The minimum absolute atomic E-state index is 0.338. The predicted molar refractivity (Wildman–Crippen MR) is 66.6 cm³/mol. The maximum Gasteiger partial charge on any atom is 0.321 e. The second-order valence-electron chi connectivity index (χ2n) is 4.97. The highest BCUT2D eigenvalue weighted by atomic mass is 32.2. The molecule has 0 aromatic carbocycles. The molecule has 3 N–H and O–H groups in total. The van der Waals surface area contributed by atoms with Crippen LogP contribution < -0.4 is 5.73 Å². The van der Waals surface area contributed by atoms with Crippen LogP contribution in [-0.2, 0) is 4.79 Å². The van der Waals surface area contributed by atoms with Crippen molar-refractivity contribution in [2.24, 2.45) is 5.73 Å². The van der Waals surface area contributed by atoms with Gasteiger partial charge in [0.15, 0.2) is 5.16 Å². The van der Waals surface area contributed by atoms with Crippen molar-refractivity contribution >= 4 is 17.7 Å². The lowest BCUT2D eigenvalue weighted by Crippen LogP contribution is -2.32. The van der Waals surface area contributed by atoms with Crippen molar-refractivity contribution in [3.8, 4) is 0 Å². The van der Waals surface area contributed by atoms with E-state index in [0.717, 1.165) is 11.0 Å². The summed E-state index contributed by atoms with van der Waals surface area (Å²) in [5, 5.41) is 18.1. The Hall–Kier alpha value is -1.08. The zero-order chi connectivity index (χ0) is 12.7. The summed E-state index contributed by atoms with van der Waals surface area (Å²) < 4.78 is 2.21. The van der Waals surface area contributed by atoms with Gasteiger partial charge in [-0.2, -0.15) is 0 Å². The number of carboxylic acids is 1. The smallest absolute Gasteiger partial charge is 0.321 e. The fourth-order valence-corrected chi connectivity index (χ4v) is 2.87. The van der Waals surface area contributed by atoms with Gasteiger partial charge in [0.1, 0.15) is 11.9 Å². The quantitative estimate of drug-likeness (QED) is 0.747. The van der Waals surface area contributed by atoms with Crippen LogP contribution in [0.4, 0.5) is 0 Å². The standard InChI is InChI=1S/C11H16N4O2S/c12-8(10(16)17)5-18-11-14-13-9(6-1-2-6)15(11)7-3-4-7/h6-8H,1-5,12H2,(H,16,17). The van der Waals surface area contributed by atoms with Crippen molar-refractivity contribution in [1.29, 1.82) is 0 Å². The summed E-state index contributed by atoms with van der Waals surface area (Å²) in [6.45, 7) is 0. The summed E-state index contributed by atoms with van der Waals surface area (Å²) in [5.74, 6) is 1.03. The van der Waals surface area contributed by atoms with Crippen LogP contribution in [0.25, 0.3) is 0 Å². The molecular weight excluding hydrogens is 252 g/mol. The summed E-state index contributed by atoms with van der Waals surface area (Å²) in [7, 11) is 0. The topological polar surface area (TPSA) is 94.0 Å². The predicted octanol–water partition coefficient (Wildman–Crippen LogP) is 0.994. The fourth-order valence-electron chi connectivity index (χ4n) is 1.92. The Bertz CT molecular complexity index is 468. The number of aliphatic carboxylic acids is 1. The molecule has 0 aliphatic heterocycles. The minimum Gasteiger partial charge on any atom is -0.480 e. The van der Waals surface area contributed by atoms with Crippen molar-refractivity contribution in [2.75, 3.05) is 5.75 Å². The Morgan fingerprint density at radius 2 is 2.17 bits per heavy atom. The zero-order valence-corrected chi connectivity index (χ0v) is 10.8. The second kappa shape index (κ2) is 4.55. The lowest BCUT2D eigenvalue weighted by molar-refractivity contribution is -0.137. The van der Waals surface area contributed by atoms with Gasteiger partial charge in [0.05, 0.1) is 0 Å². The number of hydrogen-bond donors (Lipinski definition) is 2. The first-order chi connectivity index (χ1) is 8.66. The van der Waals surface area contributed by atoms with Crippen molar-refractivity contribution < 1.29 is 9.90 Å². The molecule has 2 saturated carbocycles. The number of thioether (sulfide) groups is 1. The average Bonchev–Trinajstić information content (AvgIpc) is 3.24. The first kappa shape index (κ1) is 12.0. The molecule has 7 heteroatoms. The van der Waals surface area contributed by atoms with Gasteiger partial charge in [-0.25, -0.2) is 0 Å². The van der Waals surface area contributed by atoms with Gasteiger partial charge in [-0.05, 0) is 25.7 Å². The third kappa shape index (κ3) is 2.37. The molecule has 6 nitrogen and oxygen atoms in total. The van der Waals surface area contributed by atoms with Crippen molar-refractivity contribution in [3.63, 3.8) is 0 Å². The van der Waals surface area contributed by atoms with E-state index in [4.69, 9.17) is 10.8 Å². The molecule has 1 heterocycles. The summed E-state index contributed by atoms with van der Waals surface area (Å²) in [5.41, 5.74) is 5.51. The van der Waals surface area contributed by atoms with Gasteiger partial charge < -0.3 is 15.4 Å². The Kier molecular flexibility index (Phi) is 3.03. The Morgan fingerprint density at radius 3 is 2.72 bits per heavy atom. The third-order valence-corrected chi connectivity index (χ3v) is 4.32. The monoisotopic (exact) mass is 268 g/mol.